The van der Waals surface area contributed by atoms with E-state index in [1.807, 2.05) is 6.92 Å². The quantitative estimate of drug-likeness (QED) is 0.611. The van der Waals surface area contributed by atoms with Crippen LogP contribution in [-0.4, -0.2) is 36.0 Å². The van der Waals surface area contributed by atoms with E-state index in [0.717, 1.165) is 6.42 Å². The highest BCUT2D eigenvalue weighted by Gasteiger charge is 1.92. The molecular weight excluding hydrogens is 160 g/mol. The number of esters is 1. The predicted molar refractivity (Wildman–Crippen MR) is 45.7 cm³/mol. The Kier molecular flexibility index (Phi) is 12.1. The van der Waals surface area contributed by atoms with E-state index in [9.17, 15) is 4.79 Å². The largest absolute Gasteiger partial charge is 0.469 e. The van der Waals surface area contributed by atoms with Gasteiger partial charge in [-0.3, -0.25) is 4.79 Å². The predicted octanol–water partition coefficient (Wildman–Crippen LogP) is 0.319. The molecule has 12 heavy (non-hydrogen) atoms. The lowest BCUT2D eigenvalue weighted by atomic mass is 10.3. The van der Waals surface area contributed by atoms with Crippen LogP contribution in [0.15, 0.2) is 0 Å². The lowest BCUT2D eigenvalue weighted by Crippen LogP contribution is -2.03. The summed E-state index contributed by atoms with van der Waals surface area (Å²) in [5, 5.41) is 16.0. The van der Waals surface area contributed by atoms with E-state index in [-0.39, 0.29) is 12.6 Å². The number of methoxy groups -OCH3 is 1. The van der Waals surface area contributed by atoms with Crippen molar-refractivity contribution >= 4 is 5.97 Å². The van der Waals surface area contributed by atoms with Crippen molar-refractivity contribution in [3.05, 3.63) is 0 Å². The zero-order valence-electron chi connectivity index (χ0n) is 7.91. The lowest BCUT2D eigenvalue weighted by molar-refractivity contribution is -0.140. The van der Waals surface area contributed by atoms with Gasteiger partial charge in [0.2, 0.25) is 0 Å². The second-order valence-electron chi connectivity index (χ2n) is 2.36. The van der Waals surface area contributed by atoms with Gasteiger partial charge in [0, 0.05) is 6.42 Å². The topological polar surface area (TPSA) is 66.8 Å². The number of ether oxygens (including phenoxy) is 1. The molecule has 0 heterocycles. The maximum atomic E-state index is 10.2. The van der Waals surface area contributed by atoms with Crippen LogP contribution in [0.1, 0.15) is 26.7 Å². The van der Waals surface area contributed by atoms with E-state index in [4.69, 9.17) is 10.2 Å². The molecule has 0 aliphatic carbocycles. The Labute approximate surface area is 73.2 Å². The van der Waals surface area contributed by atoms with Crippen molar-refractivity contribution in [2.45, 2.75) is 32.8 Å². The summed E-state index contributed by atoms with van der Waals surface area (Å²) in [6, 6.07) is 0. The summed E-state index contributed by atoms with van der Waals surface area (Å²) in [4.78, 5) is 10.2. The van der Waals surface area contributed by atoms with Crippen molar-refractivity contribution < 1.29 is 19.7 Å². The minimum absolute atomic E-state index is 0.123. The molecule has 0 radical (unpaired) electrons. The zero-order valence-corrected chi connectivity index (χ0v) is 7.91. The van der Waals surface area contributed by atoms with Crippen molar-refractivity contribution in [1.82, 2.24) is 0 Å². The molecule has 0 saturated carbocycles. The van der Waals surface area contributed by atoms with Gasteiger partial charge in [-0.15, -0.1) is 0 Å². The fourth-order valence-corrected chi connectivity index (χ4v) is 0.306. The summed E-state index contributed by atoms with van der Waals surface area (Å²) in [6.45, 7) is 3.33. The number of hydrogen-bond donors (Lipinski definition) is 2. The van der Waals surface area contributed by atoms with E-state index in [2.05, 4.69) is 4.74 Å². The van der Waals surface area contributed by atoms with Crippen LogP contribution < -0.4 is 0 Å². The molecular formula is C8H18O4. The van der Waals surface area contributed by atoms with Gasteiger partial charge in [0.1, 0.15) is 0 Å². The normalized spacial score (nSPS) is 11.1. The Balaban J connectivity index is 0. The van der Waals surface area contributed by atoms with Gasteiger partial charge in [0.25, 0.3) is 0 Å². The summed E-state index contributed by atoms with van der Waals surface area (Å²) in [7, 11) is 1.40. The Hall–Kier alpha value is -0.610. The van der Waals surface area contributed by atoms with Crippen LogP contribution >= 0.6 is 0 Å². The van der Waals surface area contributed by atoms with E-state index in [1.165, 1.54) is 14.0 Å². The fraction of sp³-hybridized carbons (Fsp3) is 0.875. The van der Waals surface area contributed by atoms with E-state index >= 15 is 0 Å². The number of aliphatic hydroxyl groups is 2. The Morgan fingerprint density at radius 1 is 1.58 bits per heavy atom. The summed E-state index contributed by atoms with van der Waals surface area (Å²) < 4.78 is 4.35. The average molecular weight is 178 g/mol. The van der Waals surface area contributed by atoms with Crippen LogP contribution in [0.5, 0.6) is 0 Å². The third kappa shape index (κ3) is 16.2. The van der Waals surface area contributed by atoms with Gasteiger partial charge in [0.15, 0.2) is 0 Å². The Bertz CT molecular complexity index is 101. The van der Waals surface area contributed by atoms with Crippen molar-refractivity contribution in [1.29, 1.82) is 0 Å². The minimum Gasteiger partial charge on any atom is -0.469 e. The molecule has 74 valence electrons. The first-order valence-electron chi connectivity index (χ1n) is 3.94. The number of rotatable bonds is 3. The lowest BCUT2D eigenvalue weighted by Gasteiger charge is -1.91. The van der Waals surface area contributed by atoms with Gasteiger partial charge >= 0.3 is 5.97 Å². The number of aliphatic hydroxyl groups excluding tert-OH is 2. The maximum absolute atomic E-state index is 10.2. The minimum atomic E-state index is -0.560. The molecule has 0 aromatic rings. The average Bonchev–Trinajstić information content (AvgIpc) is 2.06. The summed E-state index contributed by atoms with van der Waals surface area (Å²) in [5.41, 5.74) is 0. The smallest absolute Gasteiger partial charge is 0.305 e. The molecule has 0 bridgehead atoms. The number of hydrogen-bond acceptors (Lipinski definition) is 4. The molecule has 0 aliphatic heterocycles. The molecule has 0 spiro atoms. The molecule has 1 atom stereocenters. The third-order valence-electron chi connectivity index (χ3n) is 0.946. The highest BCUT2D eigenvalue weighted by Crippen LogP contribution is 1.86. The first kappa shape index (κ1) is 13.9. The molecule has 0 rings (SSSR count). The SMILES string of the molecule is CC(O)CO.CCCC(=O)OC. The third-order valence-corrected chi connectivity index (χ3v) is 0.946. The van der Waals surface area contributed by atoms with Gasteiger partial charge in [-0.1, -0.05) is 6.92 Å². The first-order valence-corrected chi connectivity index (χ1v) is 3.94. The van der Waals surface area contributed by atoms with Crippen LogP contribution in [0.25, 0.3) is 0 Å². The second kappa shape index (κ2) is 10.4. The first-order chi connectivity index (χ1) is 5.58. The number of carbonyl (C=O) groups excluding carboxylic acids is 1. The van der Waals surface area contributed by atoms with Crippen molar-refractivity contribution in [3.8, 4) is 0 Å². The number of carbonyl (C=O) groups is 1. The molecule has 4 heteroatoms. The molecule has 0 aliphatic rings. The molecule has 0 amide bonds. The van der Waals surface area contributed by atoms with Gasteiger partial charge < -0.3 is 14.9 Å². The molecule has 1 unspecified atom stereocenters. The van der Waals surface area contributed by atoms with Crippen LogP contribution in [0.3, 0.4) is 0 Å². The van der Waals surface area contributed by atoms with Gasteiger partial charge in [-0.2, -0.15) is 0 Å². The Morgan fingerprint density at radius 3 is 2.08 bits per heavy atom. The fourth-order valence-electron chi connectivity index (χ4n) is 0.306. The van der Waals surface area contributed by atoms with E-state index in [0.29, 0.717) is 6.42 Å². The summed E-state index contributed by atoms with van der Waals surface area (Å²) in [6.07, 6.45) is 0.846. The molecule has 0 aromatic carbocycles. The van der Waals surface area contributed by atoms with Crippen LogP contribution in [0, 0.1) is 0 Å². The van der Waals surface area contributed by atoms with Gasteiger partial charge in [-0.25, -0.2) is 0 Å². The van der Waals surface area contributed by atoms with Crippen molar-refractivity contribution in [3.63, 3.8) is 0 Å². The van der Waals surface area contributed by atoms with Crippen LogP contribution in [0.4, 0.5) is 0 Å². The van der Waals surface area contributed by atoms with Gasteiger partial charge in [0.05, 0.1) is 19.8 Å². The van der Waals surface area contributed by atoms with Crippen LogP contribution in [-0.2, 0) is 9.53 Å². The highest BCUT2D eigenvalue weighted by atomic mass is 16.5. The van der Waals surface area contributed by atoms with Crippen molar-refractivity contribution in [2.75, 3.05) is 13.7 Å². The van der Waals surface area contributed by atoms with E-state index in [1.54, 1.807) is 0 Å². The standard InChI is InChI=1S/C5H10O2.C3H8O2/c1-3-4-5(6)7-2;1-3(5)2-4/h3-4H2,1-2H3;3-5H,2H2,1H3. The van der Waals surface area contributed by atoms with Crippen molar-refractivity contribution in [2.24, 2.45) is 0 Å². The summed E-state index contributed by atoms with van der Waals surface area (Å²) >= 11 is 0. The summed E-state index contributed by atoms with van der Waals surface area (Å²) in [5.74, 6) is -0.123. The maximum Gasteiger partial charge on any atom is 0.305 e. The molecule has 0 saturated heterocycles. The van der Waals surface area contributed by atoms with E-state index < -0.39 is 6.10 Å². The van der Waals surface area contributed by atoms with Gasteiger partial charge in [-0.05, 0) is 13.3 Å². The molecule has 4 nitrogen and oxygen atoms in total. The zero-order chi connectivity index (χ0) is 9.98. The highest BCUT2D eigenvalue weighted by molar-refractivity contribution is 5.68. The monoisotopic (exact) mass is 178 g/mol. The second-order valence-corrected chi connectivity index (χ2v) is 2.36. The van der Waals surface area contributed by atoms with Crippen LogP contribution in [0.2, 0.25) is 0 Å². The molecule has 0 fully saturated rings. The Morgan fingerprint density at radius 2 is 2.00 bits per heavy atom. The molecule has 2 N–H and O–H groups in total. The molecule has 0 aromatic heterocycles.